The second-order valence-electron chi connectivity index (χ2n) is 6.66. The molecule has 3 heteroatoms. The third-order valence-corrected chi connectivity index (χ3v) is 5.31. The van der Waals surface area contributed by atoms with Crippen LogP contribution in [0.3, 0.4) is 0 Å². The molecular weight excluding hydrogens is 305 g/mol. The van der Waals surface area contributed by atoms with E-state index in [4.69, 9.17) is 0 Å². The van der Waals surface area contributed by atoms with Crippen LogP contribution in [0.25, 0.3) is 0 Å². The molecule has 1 atom stereocenters. The SMILES string of the molecule is CC(C)CCN1CC=CC=C1SC(C)CCc1cccc(F)c1. The molecule has 126 valence electrons. The van der Waals surface area contributed by atoms with E-state index in [0.717, 1.165) is 37.4 Å². The molecule has 1 aromatic carbocycles. The maximum absolute atomic E-state index is 13.2. The minimum absolute atomic E-state index is 0.136. The van der Waals surface area contributed by atoms with Crippen LogP contribution in [0.5, 0.6) is 0 Å². The summed E-state index contributed by atoms with van der Waals surface area (Å²) in [5, 5.41) is 1.90. The van der Waals surface area contributed by atoms with Gasteiger partial charge in [0.2, 0.25) is 0 Å². The highest BCUT2D eigenvalue weighted by atomic mass is 32.2. The van der Waals surface area contributed by atoms with Crippen LogP contribution in [0.15, 0.2) is 47.5 Å². The lowest BCUT2D eigenvalue weighted by molar-refractivity contribution is 0.364. The third-order valence-electron chi connectivity index (χ3n) is 4.04. The highest BCUT2D eigenvalue weighted by Gasteiger charge is 2.15. The van der Waals surface area contributed by atoms with Crippen molar-refractivity contribution < 1.29 is 4.39 Å². The lowest BCUT2D eigenvalue weighted by atomic mass is 10.1. The second-order valence-corrected chi connectivity index (χ2v) is 8.12. The number of benzene rings is 1. The number of aryl methyl sites for hydroxylation is 1. The van der Waals surface area contributed by atoms with Gasteiger partial charge in [0.15, 0.2) is 0 Å². The van der Waals surface area contributed by atoms with Crippen molar-refractivity contribution in [3.8, 4) is 0 Å². The van der Waals surface area contributed by atoms with Crippen molar-refractivity contribution in [3.63, 3.8) is 0 Å². The zero-order valence-electron chi connectivity index (χ0n) is 14.5. The summed E-state index contributed by atoms with van der Waals surface area (Å²) in [6.45, 7) is 8.96. The predicted octanol–water partition coefficient (Wildman–Crippen LogP) is 5.64. The van der Waals surface area contributed by atoms with Crippen LogP contribution in [-0.2, 0) is 6.42 Å². The Bertz CT molecular complexity index is 550. The van der Waals surface area contributed by atoms with E-state index in [1.165, 1.54) is 17.5 Å². The Morgan fingerprint density at radius 1 is 1.22 bits per heavy atom. The van der Waals surface area contributed by atoms with Gasteiger partial charge in [-0.3, -0.25) is 0 Å². The minimum Gasteiger partial charge on any atom is -0.363 e. The van der Waals surface area contributed by atoms with Gasteiger partial charge < -0.3 is 4.90 Å². The standard InChI is InChI=1S/C20H28FNS/c1-16(2)12-14-22-13-5-4-9-20(22)23-17(3)10-11-18-7-6-8-19(21)15-18/h4-9,15-17H,10-14H2,1-3H3. The quantitative estimate of drug-likeness (QED) is 0.606. The molecule has 1 aliphatic rings. The molecule has 1 heterocycles. The first-order valence-electron chi connectivity index (χ1n) is 8.57. The monoisotopic (exact) mass is 333 g/mol. The largest absolute Gasteiger partial charge is 0.363 e. The van der Waals surface area contributed by atoms with Gasteiger partial charge in [-0.1, -0.05) is 45.1 Å². The summed E-state index contributed by atoms with van der Waals surface area (Å²) in [5.74, 6) is 0.598. The van der Waals surface area contributed by atoms with Crippen molar-refractivity contribution >= 4 is 11.8 Å². The molecule has 0 aromatic heterocycles. The Hall–Kier alpha value is -1.22. The number of rotatable bonds is 8. The van der Waals surface area contributed by atoms with Crippen molar-refractivity contribution in [2.24, 2.45) is 5.92 Å². The average molecular weight is 334 g/mol. The van der Waals surface area contributed by atoms with E-state index in [9.17, 15) is 4.39 Å². The van der Waals surface area contributed by atoms with Gasteiger partial charge >= 0.3 is 0 Å². The zero-order chi connectivity index (χ0) is 16.7. The van der Waals surface area contributed by atoms with Gasteiger partial charge in [-0.05, 0) is 49.0 Å². The summed E-state index contributed by atoms with van der Waals surface area (Å²) in [7, 11) is 0. The molecule has 1 aromatic rings. The van der Waals surface area contributed by atoms with Crippen LogP contribution in [0.2, 0.25) is 0 Å². The number of hydrogen-bond acceptors (Lipinski definition) is 2. The summed E-state index contributed by atoms with van der Waals surface area (Å²) < 4.78 is 13.2. The topological polar surface area (TPSA) is 3.24 Å². The summed E-state index contributed by atoms with van der Waals surface area (Å²) in [6, 6.07) is 6.96. The molecule has 0 N–H and O–H groups in total. The molecule has 0 fully saturated rings. The summed E-state index contributed by atoms with van der Waals surface area (Å²) in [5.41, 5.74) is 1.09. The van der Waals surface area contributed by atoms with Crippen LogP contribution in [0.1, 0.15) is 39.2 Å². The van der Waals surface area contributed by atoms with Gasteiger partial charge in [0.05, 0.1) is 5.03 Å². The first kappa shape index (κ1) is 18.1. The first-order valence-corrected chi connectivity index (χ1v) is 9.45. The smallest absolute Gasteiger partial charge is 0.123 e. The van der Waals surface area contributed by atoms with Crippen LogP contribution < -0.4 is 0 Å². The van der Waals surface area contributed by atoms with Gasteiger partial charge in [-0.15, -0.1) is 11.8 Å². The van der Waals surface area contributed by atoms with Crippen LogP contribution >= 0.6 is 11.8 Å². The normalized spacial score (nSPS) is 15.9. The lowest BCUT2D eigenvalue weighted by Gasteiger charge is -2.30. The van der Waals surface area contributed by atoms with Crippen LogP contribution in [0, 0.1) is 11.7 Å². The molecule has 0 bridgehead atoms. The Labute approximate surface area is 144 Å². The Balaban J connectivity index is 1.83. The van der Waals surface area contributed by atoms with E-state index >= 15 is 0 Å². The Morgan fingerprint density at radius 2 is 2.04 bits per heavy atom. The second kappa shape index (κ2) is 9.17. The van der Waals surface area contributed by atoms with E-state index in [2.05, 4.69) is 43.9 Å². The molecule has 23 heavy (non-hydrogen) atoms. The number of hydrogen-bond donors (Lipinski definition) is 0. The van der Waals surface area contributed by atoms with Crippen molar-refractivity contribution in [3.05, 3.63) is 58.9 Å². The van der Waals surface area contributed by atoms with E-state index in [-0.39, 0.29) is 5.82 Å². The highest BCUT2D eigenvalue weighted by Crippen LogP contribution is 2.30. The minimum atomic E-state index is -0.136. The van der Waals surface area contributed by atoms with Crippen molar-refractivity contribution in [1.82, 2.24) is 4.90 Å². The molecule has 2 rings (SSSR count). The first-order chi connectivity index (χ1) is 11.0. The Morgan fingerprint density at radius 3 is 2.78 bits per heavy atom. The van der Waals surface area contributed by atoms with Crippen molar-refractivity contribution in [1.29, 1.82) is 0 Å². The molecule has 0 radical (unpaired) electrons. The van der Waals surface area contributed by atoms with E-state index in [1.54, 1.807) is 12.1 Å². The van der Waals surface area contributed by atoms with Crippen LogP contribution in [-0.4, -0.2) is 23.2 Å². The highest BCUT2D eigenvalue weighted by molar-refractivity contribution is 8.03. The summed E-state index contributed by atoms with van der Waals surface area (Å²) in [6.07, 6.45) is 9.83. The van der Waals surface area contributed by atoms with Gasteiger partial charge in [0.25, 0.3) is 0 Å². The van der Waals surface area contributed by atoms with E-state index in [1.807, 2.05) is 17.8 Å². The molecule has 1 aliphatic heterocycles. The molecular formula is C20H28FNS. The van der Waals surface area contributed by atoms with Crippen molar-refractivity contribution in [2.45, 2.75) is 45.3 Å². The average Bonchev–Trinajstić information content (AvgIpc) is 2.52. The van der Waals surface area contributed by atoms with Gasteiger partial charge in [-0.25, -0.2) is 4.39 Å². The molecule has 0 saturated heterocycles. The summed E-state index contributed by atoms with van der Waals surface area (Å²) in [4.78, 5) is 2.48. The number of thioether (sulfide) groups is 1. The predicted molar refractivity (Wildman–Crippen MR) is 100 cm³/mol. The Kier molecular flexibility index (Phi) is 7.22. The zero-order valence-corrected chi connectivity index (χ0v) is 15.3. The molecule has 1 nitrogen and oxygen atoms in total. The van der Waals surface area contributed by atoms with Crippen LogP contribution in [0.4, 0.5) is 4.39 Å². The van der Waals surface area contributed by atoms with E-state index < -0.39 is 0 Å². The fourth-order valence-electron chi connectivity index (χ4n) is 2.59. The fourth-order valence-corrected chi connectivity index (χ4v) is 3.71. The molecule has 0 saturated carbocycles. The van der Waals surface area contributed by atoms with Gasteiger partial charge in [0.1, 0.15) is 5.82 Å². The summed E-state index contributed by atoms with van der Waals surface area (Å²) >= 11 is 1.95. The maximum Gasteiger partial charge on any atom is 0.123 e. The molecule has 0 aliphatic carbocycles. The molecule has 0 amide bonds. The van der Waals surface area contributed by atoms with Crippen molar-refractivity contribution in [2.75, 3.05) is 13.1 Å². The number of allylic oxidation sites excluding steroid dienone is 2. The van der Waals surface area contributed by atoms with E-state index in [0.29, 0.717) is 5.25 Å². The number of halogens is 1. The van der Waals surface area contributed by atoms with Gasteiger partial charge in [0, 0.05) is 18.3 Å². The molecule has 1 unspecified atom stereocenters. The maximum atomic E-state index is 13.2. The van der Waals surface area contributed by atoms with Gasteiger partial charge in [-0.2, -0.15) is 0 Å². The lowest BCUT2D eigenvalue weighted by Crippen LogP contribution is -2.26. The number of nitrogens with zero attached hydrogens (tertiary/aromatic N) is 1. The fraction of sp³-hybridized carbons (Fsp3) is 0.500. The third kappa shape index (κ3) is 6.42. The molecule has 0 spiro atoms.